The number of hydrogen-bond acceptors (Lipinski definition) is 2. The first-order chi connectivity index (χ1) is 6.36. The van der Waals surface area contributed by atoms with Crippen molar-refractivity contribution in [3.8, 4) is 0 Å². The zero-order chi connectivity index (χ0) is 9.10. The lowest BCUT2D eigenvalue weighted by molar-refractivity contribution is -0.125. The average molecular weight is 219 g/mol. The summed E-state index contributed by atoms with van der Waals surface area (Å²) in [5.41, 5.74) is 0. The Hall–Kier alpha value is -0.280. The number of nitrogens with one attached hydrogen (secondary N) is 2. The molecule has 0 spiro atoms. The molecule has 1 heterocycles. The molecule has 2 N–H and O–H groups in total. The summed E-state index contributed by atoms with van der Waals surface area (Å²) in [5, 5.41) is 6.29. The van der Waals surface area contributed by atoms with Crippen LogP contribution in [0.1, 0.15) is 25.7 Å². The van der Waals surface area contributed by atoms with Crippen LogP contribution in [0.2, 0.25) is 0 Å². The van der Waals surface area contributed by atoms with Gasteiger partial charge in [0.15, 0.2) is 0 Å². The van der Waals surface area contributed by atoms with E-state index in [0.717, 1.165) is 38.4 Å². The Kier molecular flexibility index (Phi) is 4.69. The van der Waals surface area contributed by atoms with Crippen molar-refractivity contribution in [3.05, 3.63) is 0 Å². The van der Waals surface area contributed by atoms with Crippen LogP contribution in [0.5, 0.6) is 0 Å². The molecule has 0 aromatic carbocycles. The number of amides is 1. The molecule has 14 heavy (non-hydrogen) atoms. The number of halogens is 1. The molecule has 2 fully saturated rings. The lowest BCUT2D eigenvalue weighted by Crippen LogP contribution is -2.41. The second kappa shape index (κ2) is 5.56. The Balaban J connectivity index is 0.000000980. The van der Waals surface area contributed by atoms with Gasteiger partial charge in [0.05, 0.1) is 5.92 Å². The van der Waals surface area contributed by atoms with Crippen molar-refractivity contribution in [1.82, 2.24) is 10.6 Å². The number of rotatable bonds is 3. The summed E-state index contributed by atoms with van der Waals surface area (Å²) in [7, 11) is 0. The largest absolute Gasteiger partial charge is 0.356 e. The molecule has 3 nitrogen and oxygen atoms in total. The lowest BCUT2D eigenvalue weighted by Gasteiger charge is -2.21. The fraction of sp³-hybridized carbons (Fsp3) is 0.900. The van der Waals surface area contributed by atoms with Gasteiger partial charge in [-0.15, -0.1) is 12.4 Å². The molecule has 0 aromatic heterocycles. The minimum Gasteiger partial charge on any atom is -0.356 e. The summed E-state index contributed by atoms with van der Waals surface area (Å²) in [6.45, 7) is 2.86. The number of carbonyl (C=O) groups excluding carboxylic acids is 1. The molecule has 1 saturated carbocycles. The molecule has 1 atom stereocenters. The maximum atomic E-state index is 11.6. The molecule has 82 valence electrons. The van der Waals surface area contributed by atoms with Crippen molar-refractivity contribution in [1.29, 1.82) is 0 Å². The second-order valence-electron chi connectivity index (χ2n) is 4.23. The summed E-state index contributed by atoms with van der Waals surface area (Å²) < 4.78 is 0. The first-order valence-electron chi connectivity index (χ1n) is 5.34. The van der Waals surface area contributed by atoms with Crippen molar-refractivity contribution < 1.29 is 4.79 Å². The maximum Gasteiger partial charge on any atom is 0.224 e. The average Bonchev–Trinajstić information content (AvgIpc) is 2.99. The van der Waals surface area contributed by atoms with Gasteiger partial charge in [0.1, 0.15) is 0 Å². The maximum absolute atomic E-state index is 11.6. The zero-order valence-corrected chi connectivity index (χ0v) is 9.24. The fourth-order valence-corrected chi connectivity index (χ4v) is 1.79. The first kappa shape index (κ1) is 11.8. The van der Waals surface area contributed by atoms with Gasteiger partial charge in [0.25, 0.3) is 0 Å². The number of carbonyl (C=O) groups is 1. The van der Waals surface area contributed by atoms with Gasteiger partial charge in [0, 0.05) is 13.1 Å². The minimum atomic E-state index is 0. The Morgan fingerprint density at radius 1 is 1.36 bits per heavy atom. The second-order valence-corrected chi connectivity index (χ2v) is 4.23. The van der Waals surface area contributed by atoms with E-state index in [2.05, 4.69) is 10.6 Å². The smallest absolute Gasteiger partial charge is 0.224 e. The van der Waals surface area contributed by atoms with Gasteiger partial charge < -0.3 is 10.6 Å². The highest BCUT2D eigenvalue weighted by atomic mass is 35.5. The number of piperidine rings is 1. The highest BCUT2D eigenvalue weighted by Gasteiger charge is 2.25. The third-order valence-electron chi connectivity index (χ3n) is 2.93. The van der Waals surface area contributed by atoms with Crippen molar-refractivity contribution in [2.45, 2.75) is 25.7 Å². The van der Waals surface area contributed by atoms with E-state index in [4.69, 9.17) is 0 Å². The van der Waals surface area contributed by atoms with Crippen LogP contribution in [-0.4, -0.2) is 25.5 Å². The summed E-state index contributed by atoms with van der Waals surface area (Å²) in [5.74, 6) is 1.28. The predicted octanol–water partition coefficient (Wildman–Crippen LogP) is 0.934. The fourth-order valence-electron chi connectivity index (χ4n) is 1.79. The van der Waals surface area contributed by atoms with Crippen molar-refractivity contribution in [2.75, 3.05) is 19.6 Å². The van der Waals surface area contributed by atoms with Gasteiger partial charge in [-0.2, -0.15) is 0 Å². The van der Waals surface area contributed by atoms with Crippen LogP contribution in [-0.2, 0) is 4.79 Å². The molecule has 0 radical (unpaired) electrons. The van der Waals surface area contributed by atoms with E-state index in [1.54, 1.807) is 0 Å². The van der Waals surface area contributed by atoms with Crippen molar-refractivity contribution >= 4 is 18.3 Å². The molecule has 0 unspecified atom stereocenters. The van der Waals surface area contributed by atoms with Gasteiger partial charge in [-0.25, -0.2) is 0 Å². The minimum absolute atomic E-state index is 0. The molecule has 1 aliphatic heterocycles. The van der Waals surface area contributed by atoms with Crippen LogP contribution in [0.4, 0.5) is 0 Å². The van der Waals surface area contributed by atoms with E-state index in [1.807, 2.05) is 0 Å². The quantitative estimate of drug-likeness (QED) is 0.740. The van der Waals surface area contributed by atoms with Crippen molar-refractivity contribution in [3.63, 3.8) is 0 Å². The van der Waals surface area contributed by atoms with E-state index < -0.39 is 0 Å². The van der Waals surface area contributed by atoms with E-state index >= 15 is 0 Å². The first-order valence-corrected chi connectivity index (χ1v) is 5.34. The molecule has 4 heteroatoms. The highest BCUT2D eigenvalue weighted by Crippen LogP contribution is 2.27. The van der Waals surface area contributed by atoms with Gasteiger partial charge in [-0.3, -0.25) is 4.79 Å². The molecular weight excluding hydrogens is 200 g/mol. The Labute approximate surface area is 91.4 Å². The predicted molar refractivity (Wildman–Crippen MR) is 58.6 cm³/mol. The third kappa shape index (κ3) is 3.46. The summed E-state index contributed by atoms with van der Waals surface area (Å²) in [6, 6.07) is 0. The summed E-state index contributed by atoms with van der Waals surface area (Å²) in [6.07, 6.45) is 4.82. The molecule has 2 rings (SSSR count). The van der Waals surface area contributed by atoms with E-state index in [9.17, 15) is 4.79 Å². The van der Waals surface area contributed by atoms with Crippen LogP contribution in [0.15, 0.2) is 0 Å². The molecule has 0 bridgehead atoms. The number of hydrogen-bond donors (Lipinski definition) is 2. The van der Waals surface area contributed by atoms with Crippen LogP contribution < -0.4 is 10.6 Å². The Morgan fingerprint density at radius 3 is 2.71 bits per heavy atom. The summed E-state index contributed by atoms with van der Waals surface area (Å²) >= 11 is 0. The molecule has 1 saturated heterocycles. The lowest BCUT2D eigenvalue weighted by atomic mass is 9.99. The molecule has 2 aliphatic rings. The van der Waals surface area contributed by atoms with Gasteiger partial charge >= 0.3 is 0 Å². The van der Waals surface area contributed by atoms with Gasteiger partial charge in [0.2, 0.25) is 5.91 Å². The Bertz CT molecular complexity index is 189. The molecule has 1 aliphatic carbocycles. The molecule has 1 amide bonds. The Morgan fingerprint density at radius 2 is 2.14 bits per heavy atom. The SMILES string of the molecule is Cl.O=C(NCC1CC1)[C@H]1CCCNC1. The molecular formula is C10H19ClN2O. The van der Waals surface area contributed by atoms with Crippen molar-refractivity contribution in [2.24, 2.45) is 11.8 Å². The van der Waals surface area contributed by atoms with Gasteiger partial charge in [-0.05, 0) is 38.1 Å². The topological polar surface area (TPSA) is 41.1 Å². The zero-order valence-electron chi connectivity index (χ0n) is 8.42. The standard InChI is InChI=1S/C10H18N2O.ClH/c13-10(12-6-8-3-4-8)9-2-1-5-11-7-9;/h8-9,11H,1-7H2,(H,12,13);1H/t9-;/m0./s1. The van der Waals surface area contributed by atoms with E-state index in [1.165, 1.54) is 12.8 Å². The van der Waals surface area contributed by atoms with Crippen LogP contribution >= 0.6 is 12.4 Å². The van der Waals surface area contributed by atoms with Gasteiger partial charge in [-0.1, -0.05) is 0 Å². The molecule has 0 aromatic rings. The summed E-state index contributed by atoms with van der Waals surface area (Å²) in [4.78, 5) is 11.6. The van der Waals surface area contributed by atoms with E-state index in [-0.39, 0.29) is 24.2 Å². The third-order valence-corrected chi connectivity index (χ3v) is 2.93. The van der Waals surface area contributed by atoms with Crippen LogP contribution in [0.3, 0.4) is 0 Å². The monoisotopic (exact) mass is 218 g/mol. The van der Waals surface area contributed by atoms with E-state index in [0.29, 0.717) is 0 Å². The normalized spacial score (nSPS) is 26.4. The van der Waals surface area contributed by atoms with Crippen LogP contribution in [0.25, 0.3) is 0 Å². The van der Waals surface area contributed by atoms with Crippen LogP contribution in [0, 0.1) is 11.8 Å². The highest BCUT2D eigenvalue weighted by molar-refractivity contribution is 5.85.